The number of nitrogens with two attached hydrogens (primary N) is 1. The van der Waals surface area contributed by atoms with Crippen molar-refractivity contribution >= 4 is 0 Å². The van der Waals surface area contributed by atoms with Gasteiger partial charge in [-0.3, -0.25) is 4.90 Å². The minimum atomic E-state index is 0.346. The molecule has 0 spiro atoms. The van der Waals surface area contributed by atoms with E-state index in [0.29, 0.717) is 31.2 Å². The van der Waals surface area contributed by atoms with E-state index < -0.39 is 0 Å². The summed E-state index contributed by atoms with van der Waals surface area (Å²) >= 11 is 0. The summed E-state index contributed by atoms with van der Waals surface area (Å²) in [7, 11) is 0. The van der Waals surface area contributed by atoms with Gasteiger partial charge in [-0.1, -0.05) is 13.0 Å². The summed E-state index contributed by atoms with van der Waals surface area (Å²) in [6.45, 7) is 7.92. The van der Waals surface area contributed by atoms with E-state index in [1.807, 2.05) is 6.07 Å². The molecule has 0 aliphatic carbocycles. The van der Waals surface area contributed by atoms with E-state index in [0.717, 1.165) is 31.0 Å². The number of benzene rings is 1. The van der Waals surface area contributed by atoms with Gasteiger partial charge in [-0.15, -0.1) is 0 Å². The number of likely N-dealkylation sites (tertiary alicyclic amines) is 1. The molecule has 2 N–H and O–H groups in total. The van der Waals surface area contributed by atoms with Crippen molar-refractivity contribution in [3.8, 4) is 11.5 Å². The highest BCUT2D eigenvalue weighted by molar-refractivity contribution is 5.44. The summed E-state index contributed by atoms with van der Waals surface area (Å²) in [5.41, 5.74) is 7.40. The fourth-order valence-electron chi connectivity index (χ4n) is 3.08. The van der Waals surface area contributed by atoms with Crippen LogP contribution in [0.4, 0.5) is 0 Å². The molecule has 2 aliphatic rings. The Labute approximate surface area is 120 Å². The molecule has 4 nitrogen and oxygen atoms in total. The monoisotopic (exact) mass is 276 g/mol. The first kappa shape index (κ1) is 13.7. The van der Waals surface area contributed by atoms with E-state index in [2.05, 4.69) is 30.9 Å². The standard InChI is InChI=1S/C16H24N2O2/c1-11-10-18(6-5-14(11)17)12(2)13-3-4-15-16(9-13)20-8-7-19-15/h3-4,9,11-12,14H,5-8,10,17H2,1-2H3. The third-order valence-electron chi connectivity index (χ3n) is 4.60. The van der Waals surface area contributed by atoms with Gasteiger partial charge in [0, 0.05) is 25.2 Å². The number of piperidine rings is 1. The fourth-order valence-corrected chi connectivity index (χ4v) is 3.08. The van der Waals surface area contributed by atoms with Crippen molar-refractivity contribution in [2.24, 2.45) is 11.7 Å². The van der Waals surface area contributed by atoms with Gasteiger partial charge in [-0.05, 0) is 37.0 Å². The second-order valence-corrected chi connectivity index (χ2v) is 6.00. The highest BCUT2D eigenvalue weighted by Gasteiger charge is 2.27. The van der Waals surface area contributed by atoms with Crippen molar-refractivity contribution in [1.82, 2.24) is 4.90 Å². The lowest BCUT2D eigenvalue weighted by molar-refractivity contribution is 0.123. The van der Waals surface area contributed by atoms with E-state index in [1.165, 1.54) is 5.56 Å². The Bertz CT molecular complexity index is 478. The first-order valence-electron chi connectivity index (χ1n) is 7.54. The van der Waals surface area contributed by atoms with Gasteiger partial charge in [0.05, 0.1) is 0 Å². The van der Waals surface area contributed by atoms with E-state index in [-0.39, 0.29) is 0 Å². The van der Waals surface area contributed by atoms with Crippen LogP contribution in [0.2, 0.25) is 0 Å². The molecule has 0 amide bonds. The Balaban J connectivity index is 1.75. The second kappa shape index (κ2) is 5.62. The molecule has 3 unspecified atom stereocenters. The van der Waals surface area contributed by atoms with E-state index >= 15 is 0 Å². The molecule has 0 bridgehead atoms. The van der Waals surface area contributed by atoms with Gasteiger partial charge >= 0.3 is 0 Å². The maximum atomic E-state index is 6.11. The fraction of sp³-hybridized carbons (Fsp3) is 0.625. The maximum Gasteiger partial charge on any atom is 0.161 e. The molecule has 0 aromatic heterocycles. The predicted molar refractivity (Wildman–Crippen MR) is 79.2 cm³/mol. The molecule has 4 heteroatoms. The van der Waals surface area contributed by atoms with Crippen LogP contribution in [0.3, 0.4) is 0 Å². The molecular weight excluding hydrogens is 252 g/mol. The summed E-state index contributed by atoms with van der Waals surface area (Å²) in [5.74, 6) is 2.30. The lowest BCUT2D eigenvalue weighted by Gasteiger charge is -2.39. The van der Waals surface area contributed by atoms with Crippen LogP contribution in [0.1, 0.15) is 31.9 Å². The highest BCUT2D eigenvalue weighted by Crippen LogP contribution is 2.34. The maximum absolute atomic E-state index is 6.11. The van der Waals surface area contributed by atoms with Crippen molar-refractivity contribution in [3.05, 3.63) is 23.8 Å². The molecule has 110 valence electrons. The highest BCUT2D eigenvalue weighted by atomic mass is 16.6. The Kier molecular flexibility index (Phi) is 3.85. The first-order chi connectivity index (χ1) is 9.65. The summed E-state index contributed by atoms with van der Waals surface area (Å²) in [5, 5.41) is 0. The van der Waals surface area contributed by atoms with Crippen molar-refractivity contribution in [2.75, 3.05) is 26.3 Å². The van der Waals surface area contributed by atoms with Crippen LogP contribution in [0.5, 0.6) is 11.5 Å². The third-order valence-corrected chi connectivity index (χ3v) is 4.60. The van der Waals surface area contributed by atoms with Gasteiger partial charge in [0.15, 0.2) is 11.5 Å². The molecule has 1 aromatic rings. The normalized spacial score (nSPS) is 28.1. The third kappa shape index (κ3) is 2.63. The summed E-state index contributed by atoms with van der Waals surface area (Å²) in [6.07, 6.45) is 1.08. The Morgan fingerprint density at radius 3 is 2.75 bits per heavy atom. The first-order valence-corrected chi connectivity index (χ1v) is 7.54. The minimum Gasteiger partial charge on any atom is -0.486 e. The lowest BCUT2D eigenvalue weighted by Crippen LogP contribution is -2.46. The van der Waals surface area contributed by atoms with Gasteiger partial charge in [0.2, 0.25) is 0 Å². The van der Waals surface area contributed by atoms with Gasteiger partial charge in [-0.25, -0.2) is 0 Å². The molecule has 1 fully saturated rings. The number of fused-ring (bicyclic) bond motifs is 1. The Hall–Kier alpha value is -1.26. The molecule has 2 aliphatic heterocycles. The number of ether oxygens (including phenoxy) is 2. The average Bonchev–Trinajstić information content (AvgIpc) is 2.49. The quantitative estimate of drug-likeness (QED) is 0.899. The largest absolute Gasteiger partial charge is 0.486 e. The summed E-state index contributed by atoms with van der Waals surface area (Å²) in [4.78, 5) is 2.51. The van der Waals surface area contributed by atoms with Crippen molar-refractivity contribution < 1.29 is 9.47 Å². The molecule has 1 saturated heterocycles. The van der Waals surface area contributed by atoms with E-state index in [4.69, 9.17) is 15.2 Å². The number of rotatable bonds is 2. The van der Waals surface area contributed by atoms with Crippen LogP contribution < -0.4 is 15.2 Å². The molecule has 3 rings (SSSR count). The zero-order valence-corrected chi connectivity index (χ0v) is 12.3. The lowest BCUT2D eigenvalue weighted by atomic mass is 9.92. The predicted octanol–water partition coefficient (Wildman–Crippen LogP) is 2.19. The summed E-state index contributed by atoms with van der Waals surface area (Å²) < 4.78 is 11.3. The SMILES string of the molecule is CC1CN(C(C)c2ccc3c(c2)OCCO3)CCC1N. The Morgan fingerprint density at radius 2 is 2.00 bits per heavy atom. The van der Waals surface area contributed by atoms with Crippen LogP contribution in [-0.2, 0) is 0 Å². The molecular formula is C16H24N2O2. The average molecular weight is 276 g/mol. The smallest absolute Gasteiger partial charge is 0.161 e. The Morgan fingerprint density at radius 1 is 1.25 bits per heavy atom. The molecule has 2 heterocycles. The molecule has 1 aromatic carbocycles. The molecule has 0 radical (unpaired) electrons. The summed E-state index contributed by atoms with van der Waals surface area (Å²) in [6, 6.07) is 7.04. The molecule has 3 atom stereocenters. The van der Waals surface area contributed by atoms with Crippen molar-refractivity contribution in [2.45, 2.75) is 32.4 Å². The van der Waals surface area contributed by atoms with Crippen molar-refractivity contribution in [1.29, 1.82) is 0 Å². The van der Waals surface area contributed by atoms with Gasteiger partial charge in [0.25, 0.3) is 0 Å². The van der Waals surface area contributed by atoms with Crippen molar-refractivity contribution in [3.63, 3.8) is 0 Å². The topological polar surface area (TPSA) is 47.7 Å². The number of hydrogen-bond donors (Lipinski definition) is 1. The van der Waals surface area contributed by atoms with Crippen LogP contribution in [0.25, 0.3) is 0 Å². The van der Waals surface area contributed by atoms with Crippen LogP contribution in [0, 0.1) is 5.92 Å². The van der Waals surface area contributed by atoms with Gasteiger partial charge in [-0.2, -0.15) is 0 Å². The molecule has 0 saturated carbocycles. The zero-order chi connectivity index (χ0) is 14.1. The number of nitrogens with zero attached hydrogens (tertiary/aromatic N) is 1. The van der Waals surface area contributed by atoms with E-state index in [1.54, 1.807) is 0 Å². The minimum absolute atomic E-state index is 0.346. The van der Waals surface area contributed by atoms with Crippen LogP contribution in [-0.4, -0.2) is 37.2 Å². The van der Waals surface area contributed by atoms with Crippen LogP contribution >= 0.6 is 0 Å². The zero-order valence-electron chi connectivity index (χ0n) is 12.3. The van der Waals surface area contributed by atoms with Crippen LogP contribution in [0.15, 0.2) is 18.2 Å². The molecule has 20 heavy (non-hydrogen) atoms. The van der Waals surface area contributed by atoms with E-state index in [9.17, 15) is 0 Å². The van der Waals surface area contributed by atoms with Gasteiger partial charge < -0.3 is 15.2 Å². The van der Waals surface area contributed by atoms with Gasteiger partial charge in [0.1, 0.15) is 13.2 Å². The number of hydrogen-bond acceptors (Lipinski definition) is 4. The second-order valence-electron chi connectivity index (χ2n) is 6.00.